The van der Waals surface area contributed by atoms with Gasteiger partial charge in [-0.1, -0.05) is 18.2 Å². The summed E-state index contributed by atoms with van der Waals surface area (Å²) < 4.78 is 10.7. The molecule has 0 atom stereocenters. The molecule has 0 aromatic heterocycles. The number of nitrogens with zero attached hydrogens (tertiary/aromatic N) is 1. The SMILES string of the molecule is COc1ccc(CCNCCN2CCCSc3ccccc32)cc1OC. The largest absolute Gasteiger partial charge is 0.493 e. The summed E-state index contributed by atoms with van der Waals surface area (Å²) in [7, 11) is 3.34. The van der Waals surface area contributed by atoms with Crippen LogP contribution in [0.25, 0.3) is 0 Å². The van der Waals surface area contributed by atoms with E-state index in [1.54, 1.807) is 14.2 Å². The number of ether oxygens (including phenoxy) is 2. The van der Waals surface area contributed by atoms with Crippen molar-refractivity contribution in [3.8, 4) is 11.5 Å². The first-order valence-corrected chi connectivity index (χ1v) is 10.2. The van der Waals surface area contributed by atoms with E-state index in [0.717, 1.165) is 44.1 Å². The molecule has 0 unspecified atom stereocenters. The molecule has 0 fully saturated rings. The van der Waals surface area contributed by atoms with Crippen LogP contribution < -0.4 is 19.7 Å². The van der Waals surface area contributed by atoms with Crippen LogP contribution in [0.5, 0.6) is 11.5 Å². The first-order valence-electron chi connectivity index (χ1n) is 9.20. The van der Waals surface area contributed by atoms with Crippen LogP contribution in [-0.2, 0) is 6.42 Å². The number of thioether (sulfide) groups is 1. The number of anilines is 1. The molecule has 0 radical (unpaired) electrons. The highest BCUT2D eigenvalue weighted by molar-refractivity contribution is 7.99. The number of hydrogen-bond donors (Lipinski definition) is 1. The molecule has 0 aliphatic carbocycles. The van der Waals surface area contributed by atoms with Crippen LogP contribution in [-0.4, -0.2) is 46.2 Å². The lowest BCUT2D eigenvalue weighted by Crippen LogP contribution is -2.33. The predicted molar refractivity (Wildman–Crippen MR) is 110 cm³/mol. The number of para-hydroxylation sites is 1. The van der Waals surface area contributed by atoms with Crippen LogP contribution in [0.3, 0.4) is 0 Å². The highest BCUT2D eigenvalue weighted by Gasteiger charge is 2.14. The standard InChI is InChI=1S/C21H28N2O2S/c1-24-19-9-8-17(16-20(19)25-2)10-11-22-12-14-23-13-5-15-26-21-7-4-3-6-18(21)23/h3-4,6-9,16,22H,5,10-15H2,1-2H3. The average molecular weight is 373 g/mol. The lowest BCUT2D eigenvalue weighted by molar-refractivity contribution is 0.354. The fourth-order valence-corrected chi connectivity index (χ4v) is 4.25. The van der Waals surface area contributed by atoms with Crippen LogP contribution in [0, 0.1) is 0 Å². The van der Waals surface area contributed by atoms with Crippen molar-refractivity contribution in [2.45, 2.75) is 17.7 Å². The topological polar surface area (TPSA) is 33.7 Å². The minimum atomic E-state index is 0.780. The first kappa shape index (κ1) is 18.9. The van der Waals surface area contributed by atoms with Gasteiger partial charge in [0.2, 0.25) is 0 Å². The fraction of sp³-hybridized carbons (Fsp3) is 0.429. The molecule has 2 aromatic carbocycles. The van der Waals surface area contributed by atoms with Crippen LogP contribution in [0.1, 0.15) is 12.0 Å². The van der Waals surface area contributed by atoms with Crippen molar-refractivity contribution in [3.63, 3.8) is 0 Å². The van der Waals surface area contributed by atoms with Gasteiger partial charge in [-0.25, -0.2) is 0 Å². The van der Waals surface area contributed by atoms with Gasteiger partial charge in [-0.2, -0.15) is 0 Å². The number of rotatable bonds is 8. The second kappa shape index (κ2) is 9.74. The van der Waals surface area contributed by atoms with Crippen LogP contribution in [0.2, 0.25) is 0 Å². The molecule has 0 amide bonds. The molecule has 26 heavy (non-hydrogen) atoms. The minimum Gasteiger partial charge on any atom is -0.493 e. The Balaban J connectivity index is 1.46. The maximum Gasteiger partial charge on any atom is 0.160 e. The summed E-state index contributed by atoms with van der Waals surface area (Å²) in [4.78, 5) is 3.92. The van der Waals surface area contributed by atoms with Crippen molar-refractivity contribution < 1.29 is 9.47 Å². The van der Waals surface area contributed by atoms with E-state index in [9.17, 15) is 0 Å². The first-order chi connectivity index (χ1) is 12.8. The van der Waals surface area contributed by atoms with E-state index in [0.29, 0.717) is 0 Å². The van der Waals surface area contributed by atoms with E-state index in [1.807, 2.05) is 17.8 Å². The zero-order valence-electron chi connectivity index (χ0n) is 15.7. The van der Waals surface area contributed by atoms with Gasteiger partial charge in [-0.05, 0) is 55.0 Å². The third-order valence-electron chi connectivity index (χ3n) is 4.63. The Kier molecular flexibility index (Phi) is 7.09. The van der Waals surface area contributed by atoms with Crippen molar-refractivity contribution in [1.82, 2.24) is 5.32 Å². The van der Waals surface area contributed by atoms with Gasteiger partial charge < -0.3 is 19.7 Å². The van der Waals surface area contributed by atoms with E-state index in [2.05, 4.69) is 46.6 Å². The molecule has 3 rings (SSSR count). The zero-order chi connectivity index (χ0) is 18.2. The molecule has 1 N–H and O–H groups in total. The van der Waals surface area contributed by atoms with Crippen molar-refractivity contribution in [2.24, 2.45) is 0 Å². The van der Waals surface area contributed by atoms with Gasteiger partial charge in [-0.3, -0.25) is 0 Å². The Morgan fingerprint density at radius 3 is 2.73 bits per heavy atom. The van der Waals surface area contributed by atoms with Gasteiger partial charge in [0, 0.05) is 24.5 Å². The molecule has 2 aromatic rings. The van der Waals surface area contributed by atoms with Crippen molar-refractivity contribution in [3.05, 3.63) is 48.0 Å². The molecule has 140 valence electrons. The molecule has 0 saturated heterocycles. The Morgan fingerprint density at radius 2 is 1.88 bits per heavy atom. The normalized spacial score (nSPS) is 13.8. The number of benzene rings is 2. The number of hydrogen-bond acceptors (Lipinski definition) is 5. The van der Waals surface area contributed by atoms with Crippen molar-refractivity contribution in [1.29, 1.82) is 0 Å². The Labute approximate surface area is 160 Å². The molecule has 5 heteroatoms. The summed E-state index contributed by atoms with van der Waals surface area (Å²) >= 11 is 1.98. The second-order valence-corrected chi connectivity index (χ2v) is 7.48. The highest BCUT2D eigenvalue weighted by Crippen LogP contribution is 2.33. The van der Waals surface area contributed by atoms with Crippen molar-refractivity contribution in [2.75, 3.05) is 51.1 Å². The highest BCUT2D eigenvalue weighted by atomic mass is 32.2. The van der Waals surface area contributed by atoms with Gasteiger partial charge in [0.25, 0.3) is 0 Å². The monoisotopic (exact) mass is 372 g/mol. The summed E-state index contributed by atoms with van der Waals surface area (Å²) in [6.45, 7) is 4.14. The van der Waals surface area contributed by atoms with Crippen LogP contribution in [0.4, 0.5) is 5.69 Å². The number of fused-ring (bicyclic) bond motifs is 1. The van der Waals surface area contributed by atoms with E-state index in [-0.39, 0.29) is 0 Å². The maximum atomic E-state index is 5.37. The minimum absolute atomic E-state index is 0.780. The maximum absolute atomic E-state index is 5.37. The Morgan fingerprint density at radius 1 is 1.04 bits per heavy atom. The van der Waals surface area contributed by atoms with E-state index < -0.39 is 0 Å². The van der Waals surface area contributed by atoms with E-state index >= 15 is 0 Å². The second-order valence-electron chi connectivity index (χ2n) is 6.35. The summed E-state index contributed by atoms with van der Waals surface area (Å²) in [5.74, 6) is 2.78. The van der Waals surface area contributed by atoms with Gasteiger partial charge >= 0.3 is 0 Å². The third kappa shape index (κ3) is 4.86. The molecule has 0 saturated carbocycles. The molecule has 0 spiro atoms. The fourth-order valence-electron chi connectivity index (χ4n) is 3.24. The smallest absolute Gasteiger partial charge is 0.160 e. The molecular weight excluding hydrogens is 344 g/mol. The molecule has 1 aliphatic heterocycles. The lowest BCUT2D eigenvalue weighted by Gasteiger charge is -2.24. The molecule has 1 heterocycles. The summed E-state index contributed by atoms with van der Waals surface area (Å²) in [6, 6.07) is 14.9. The van der Waals surface area contributed by atoms with Gasteiger partial charge in [-0.15, -0.1) is 11.8 Å². The van der Waals surface area contributed by atoms with Gasteiger partial charge in [0.05, 0.1) is 19.9 Å². The van der Waals surface area contributed by atoms with Crippen molar-refractivity contribution >= 4 is 17.4 Å². The van der Waals surface area contributed by atoms with Gasteiger partial charge in [0.1, 0.15) is 0 Å². The zero-order valence-corrected chi connectivity index (χ0v) is 16.5. The summed E-state index contributed by atoms with van der Waals surface area (Å²) in [5.41, 5.74) is 2.64. The Hall–Kier alpha value is -1.85. The summed E-state index contributed by atoms with van der Waals surface area (Å²) in [6.07, 6.45) is 2.22. The number of methoxy groups -OCH3 is 2. The molecule has 0 bridgehead atoms. The molecular formula is C21H28N2O2S. The third-order valence-corrected chi connectivity index (χ3v) is 5.78. The van der Waals surface area contributed by atoms with Crippen LogP contribution in [0.15, 0.2) is 47.4 Å². The molecule has 1 aliphatic rings. The molecule has 4 nitrogen and oxygen atoms in total. The predicted octanol–water partition coefficient (Wildman–Crippen LogP) is 3.84. The Bertz CT molecular complexity index is 708. The van der Waals surface area contributed by atoms with Gasteiger partial charge in [0.15, 0.2) is 11.5 Å². The van der Waals surface area contributed by atoms with E-state index in [1.165, 1.54) is 28.3 Å². The van der Waals surface area contributed by atoms with Crippen LogP contribution >= 0.6 is 11.8 Å². The quantitative estimate of drug-likeness (QED) is 0.712. The lowest BCUT2D eigenvalue weighted by atomic mass is 10.1. The van der Waals surface area contributed by atoms with E-state index in [4.69, 9.17) is 9.47 Å². The average Bonchev–Trinajstić information content (AvgIpc) is 2.90. The number of nitrogens with one attached hydrogen (secondary N) is 1. The summed E-state index contributed by atoms with van der Waals surface area (Å²) in [5, 5.41) is 3.58.